The highest BCUT2D eigenvalue weighted by molar-refractivity contribution is 5.76. The van der Waals surface area contributed by atoms with Crippen LogP contribution in [-0.4, -0.2) is 49.7 Å². The molecule has 1 saturated heterocycles. The van der Waals surface area contributed by atoms with Crippen LogP contribution in [-0.2, 0) is 19.1 Å². The summed E-state index contributed by atoms with van der Waals surface area (Å²) in [5.74, 6) is 0.912. The van der Waals surface area contributed by atoms with Gasteiger partial charge in [-0.25, -0.2) is 0 Å². The Labute approximate surface area is 152 Å². The average Bonchev–Trinajstić information content (AvgIpc) is 3.19. The van der Waals surface area contributed by atoms with Crippen molar-refractivity contribution in [1.82, 2.24) is 4.90 Å². The van der Waals surface area contributed by atoms with Gasteiger partial charge in [0.05, 0.1) is 19.1 Å². The van der Waals surface area contributed by atoms with Crippen molar-refractivity contribution in [3.63, 3.8) is 0 Å². The number of rotatable bonds is 8. The molecule has 1 saturated carbocycles. The molecular formula is C20H35NO4. The third-order valence-corrected chi connectivity index (χ3v) is 5.53. The summed E-state index contributed by atoms with van der Waals surface area (Å²) < 4.78 is 11.0. The highest BCUT2D eigenvalue weighted by atomic mass is 16.5. The minimum Gasteiger partial charge on any atom is -0.465 e. The summed E-state index contributed by atoms with van der Waals surface area (Å²) in [4.78, 5) is 26.6. The number of hydrogen-bond acceptors (Lipinski definition) is 5. The number of nitrogens with zero attached hydrogens (tertiary/aromatic N) is 1. The van der Waals surface area contributed by atoms with E-state index >= 15 is 0 Å². The maximum Gasteiger partial charge on any atom is 0.323 e. The first-order valence-corrected chi connectivity index (χ1v) is 9.92. The predicted octanol–water partition coefficient (Wildman–Crippen LogP) is 3.27. The van der Waals surface area contributed by atoms with E-state index in [9.17, 15) is 9.59 Å². The van der Waals surface area contributed by atoms with E-state index in [0.717, 1.165) is 45.1 Å². The van der Waals surface area contributed by atoms with Crippen LogP contribution in [0.15, 0.2) is 0 Å². The Bertz CT molecular complexity index is 451. The lowest BCUT2D eigenvalue weighted by Crippen LogP contribution is -2.35. The fraction of sp³-hybridized carbons (Fsp3) is 0.900. The first-order valence-electron chi connectivity index (χ1n) is 9.92. The van der Waals surface area contributed by atoms with E-state index < -0.39 is 0 Å². The van der Waals surface area contributed by atoms with Crippen molar-refractivity contribution in [2.75, 3.05) is 26.8 Å². The minimum absolute atomic E-state index is 0.0258. The number of esters is 2. The van der Waals surface area contributed by atoms with Crippen LogP contribution in [0.5, 0.6) is 0 Å². The summed E-state index contributed by atoms with van der Waals surface area (Å²) in [6.07, 6.45) is 5.98. The Morgan fingerprint density at radius 2 is 1.72 bits per heavy atom. The zero-order valence-corrected chi connectivity index (χ0v) is 16.3. The molecule has 1 heterocycles. The molecule has 4 atom stereocenters. The Kier molecular flexibility index (Phi) is 7.73. The summed E-state index contributed by atoms with van der Waals surface area (Å²) in [5, 5.41) is 0. The summed E-state index contributed by atoms with van der Waals surface area (Å²) in [6.45, 7) is 8.14. The molecule has 0 aromatic heterocycles. The van der Waals surface area contributed by atoms with Gasteiger partial charge in [0.1, 0.15) is 6.04 Å². The number of likely N-dealkylation sites (tertiary alicyclic amines) is 1. The number of carbonyl (C=O) groups excluding carboxylic acids is 2. The number of ether oxygens (including phenoxy) is 2. The SMILES string of the molecule is CC(C)COC(=O)C1CCCC1CC(C)COC(=O)C1CCCN1C. The first kappa shape index (κ1) is 20.2. The smallest absolute Gasteiger partial charge is 0.323 e. The Hall–Kier alpha value is -1.10. The molecule has 25 heavy (non-hydrogen) atoms. The molecule has 0 bridgehead atoms. The monoisotopic (exact) mass is 353 g/mol. The first-order chi connectivity index (χ1) is 11.9. The van der Waals surface area contributed by atoms with E-state index in [1.165, 1.54) is 0 Å². The fourth-order valence-corrected chi connectivity index (χ4v) is 4.10. The maximum absolute atomic E-state index is 12.3. The van der Waals surface area contributed by atoms with Gasteiger partial charge in [-0.05, 0) is 63.5 Å². The van der Waals surface area contributed by atoms with Crippen LogP contribution in [0.1, 0.15) is 59.3 Å². The molecule has 144 valence electrons. The quantitative estimate of drug-likeness (QED) is 0.627. The molecular weight excluding hydrogens is 318 g/mol. The molecule has 4 unspecified atom stereocenters. The van der Waals surface area contributed by atoms with Gasteiger partial charge in [0.15, 0.2) is 0 Å². The zero-order chi connectivity index (χ0) is 18.4. The molecule has 0 spiro atoms. The molecule has 0 radical (unpaired) electrons. The molecule has 1 aliphatic heterocycles. The molecule has 1 aliphatic carbocycles. The van der Waals surface area contributed by atoms with Crippen LogP contribution in [0.3, 0.4) is 0 Å². The van der Waals surface area contributed by atoms with Crippen LogP contribution in [0.25, 0.3) is 0 Å². The van der Waals surface area contributed by atoms with Crippen molar-refractivity contribution in [3.8, 4) is 0 Å². The summed E-state index contributed by atoms with van der Waals surface area (Å²) >= 11 is 0. The second-order valence-electron chi connectivity index (χ2n) is 8.43. The lowest BCUT2D eigenvalue weighted by atomic mass is 9.87. The van der Waals surface area contributed by atoms with Gasteiger partial charge in [-0.1, -0.05) is 27.2 Å². The molecule has 0 amide bonds. The summed E-state index contributed by atoms with van der Waals surface area (Å²) in [7, 11) is 1.98. The van der Waals surface area contributed by atoms with Crippen LogP contribution in [0, 0.1) is 23.7 Å². The van der Waals surface area contributed by atoms with E-state index in [0.29, 0.717) is 25.0 Å². The lowest BCUT2D eigenvalue weighted by Gasteiger charge is -2.23. The van der Waals surface area contributed by atoms with Crippen molar-refractivity contribution < 1.29 is 19.1 Å². The van der Waals surface area contributed by atoms with E-state index in [-0.39, 0.29) is 29.8 Å². The van der Waals surface area contributed by atoms with Gasteiger partial charge >= 0.3 is 11.9 Å². The van der Waals surface area contributed by atoms with E-state index in [1.807, 2.05) is 7.05 Å². The number of likely N-dealkylation sites (N-methyl/N-ethyl adjacent to an activating group) is 1. The fourth-order valence-electron chi connectivity index (χ4n) is 4.10. The largest absolute Gasteiger partial charge is 0.465 e. The van der Waals surface area contributed by atoms with Gasteiger partial charge < -0.3 is 9.47 Å². The van der Waals surface area contributed by atoms with Gasteiger partial charge in [0.2, 0.25) is 0 Å². The van der Waals surface area contributed by atoms with Crippen molar-refractivity contribution >= 4 is 11.9 Å². The summed E-state index contributed by atoms with van der Waals surface area (Å²) in [6, 6.07) is -0.0718. The van der Waals surface area contributed by atoms with Crippen molar-refractivity contribution in [1.29, 1.82) is 0 Å². The topological polar surface area (TPSA) is 55.8 Å². The molecule has 0 aromatic rings. The third-order valence-electron chi connectivity index (χ3n) is 5.53. The van der Waals surface area contributed by atoms with E-state index in [1.54, 1.807) is 0 Å². The predicted molar refractivity (Wildman–Crippen MR) is 97.0 cm³/mol. The molecule has 5 heteroatoms. The van der Waals surface area contributed by atoms with Crippen LogP contribution in [0.4, 0.5) is 0 Å². The summed E-state index contributed by atoms with van der Waals surface area (Å²) in [5.41, 5.74) is 0. The van der Waals surface area contributed by atoms with Gasteiger partial charge in [0, 0.05) is 0 Å². The molecule has 2 fully saturated rings. The van der Waals surface area contributed by atoms with Gasteiger partial charge in [-0.15, -0.1) is 0 Å². The lowest BCUT2D eigenvalue weighted by molar-refractivity contribution is -0.152. The highest BCUT2D eigenvalue weighted by Crippen LogP contribution is 2.37. The van der Waals surface area contributed by atoms with Crippen molar-refractivity contribution in [2.24, 2.45) is 23.7 Å². The Balaban J connectivity index is 1.74. The van der Waals surface area contributed by atoms with E-state index in [4.69, 9.17) is 9.47 Å². The van der Waals surface area contributed by atoms with Gasteiger partial charge in [0.25, 0.3) is 0 Å². The van der Waals surface area contributed by atoms with Crippen molar-refractivity contribution in [2.45, 2.75) is 65.3 Å². The Morgan fingerprint density at radius 3 is 2.36 bits per heavy atom. The van der Waals surface area contributed by atoms with Crippen LogP contribution in [0.2, 0.25) is 0 Å². The molecule has 2 aliphatic rings. The molecule has 5 nitrogen and oxygen atoms in total. The number of hydrogen-bond donors (Lipinski definition) is 0. The number of carbonyl (C=O) groups is 2. The van der Waals surface area contributed by atoms with Gasteiger partial charge in [-0.2, -0.15) is 0 Å². The Morgan fingerprint density at radius 1 is 1.00 bits per heavy atom. The molecule has 2 rings (SSSR count). The second-order valence-corrected chi connectivity index (χ2v) is 8.43. The minimum atomic E-state index is -0.0915. The molecule has 0 N–H and O–H groups in total. The van der Waals surface area contributed by atoms with Crippen molar-refractivity contribution in [3.05, 3.63) is 0 Å². The van der Waals surface area contributed by atoms with Gasteiger partial charge in [-0.3, -0.25) is 14.5 Å². The zero-order valence-electron chi connectivity index (χ0n) is 16.3. The molecule has 0 aromatic carbocycles. The van der Waals surface area contributed by atoms with E-state index in [2.05, 4.69) is 25.7 Å². The normalized spacial score (nSPS) is 28.3. The second kappa shape index (κ2) is 9.56. The third kappa shape index (κ3) is 5.98. The standard InChI is InChI=1S/C20H35NO4/c1-14(2)12-24-19(22)17-8-5-7-16(17)11-15(3)13-25-20(23)18-9-6-10-21(18)4/h14-18H,5-13H2,1-4H3. The average molecular weight is 354 g/mol. The van der Waals surface area contributed by atoms with Crippen LogP contribution < -0.4 is 0 Å². The highest BCUT2D eigenvalue weighted by Gasteiger charge is 2.35. The maximum atomic E-state index is 12.3. The van der Waals surface area contributed by atoms with Crippen LogP contribution >= 0.6 is 0 Å².